The molecule has 0 radical (unpaired) electrons. The molecular weight excluding hydrogens is 831 g/mol. The average molecular weight is 886 g/mol. The van der Waals surface area contributed by atoms with Crippen LogP contribution in [0.25, 0.3) is 31.5 Å². The van der Waals surface area contributed by atoms with Gasteiger partial charge in [-0.1, -0.05) is 12.1 Å². The highest BCUT2D eigenvalue weighted by atomic mass is 32.2. The minimum atomic E-state index is -3.69. The highest BCUT2D eigenvalue weighted by Crippen LogP contribution is 2.49. The van der Waals surface area contributed by atoms with Crippen molar-refractivity contribution >= 4 is 65.1 Å². The zero-order valence-corrected chi connectivity index (χ0v) is 37.2. The summed E-state index contributed by atoms with van der Waals surface area (Å²) in [6.45, 7) is 17.6. The number of ether oxygens (including phenoxy) is 2. The van der Waals surface area contributed by atoms with Gasteiger partial charge in [0.25, 0.3) is 0 Å². The van der Waals surface area contributed by atoms with Gasteiger partial charge in [-0.25, -0.2) is 36.0 Å². The molecule has 0 spiro atoms. The second-order valence-corrected chi connectivity index (χ2v) is 20.9. The van der Waals surface area contributed by atoms with Gasteiger partial charge in [0.2, 0.25) is 37.3 Å². The Morgan fingerprint density at radius 1 is 0.661 bits per heavy atom. The fourth-order valence-corrected chi connectivity index (χ4v) is 12.4. The predicted octanol–water partition coefficient (Wildman–Crippen LogP) is 6.92. The normalized spacial score (nSPS) is 23.3. The van der Waals surface area contributed by atoms with Crippen LogP contribution in [-0.2, 0) is 53.2 Å². The fraction of sp³-hybridized carbons (Fsp3) is 0.556. The maximum Gasteiger partial charge on any atom is 0.308 e. The van der Waals surface area contributed by atoms with Crippen molar-refractivity contribution in [3.63, 3.8) is 0 Å². The van der Waals surface area contributed by atoms with Gasteiger partial charge in [0.05, 0.1) is 49.2 Å². The third-order valence-corrected chi connectivity index (χ3v) is 16.5. The molecule has 0 unspecified atom stereocenters. The molecule has 330 valence electrons. The van der Waals surface area contributed by atoms with Gasteiger partial charge in [-0.15, -0.1) is 0 Å². The first-order chi connectivity index (χ1) is 29.7. The Balaban J connectivity index is 0.000000172. The Morgan fingerprint density at radius 2 is 1.08 bits per heavy atom. The Bertz CT molecular complexity index is 2680. The van der Waals surface area contributed by atoms with Crippen molar-refractivity contribution in [2.75, 3.05) is 33.4 Å². The number of methoxy groups -OCH3 is 1. The molecule has 5 fully saturated rings. The number of esters is 1. The molecule has 4 aliphatic carbocycles. The van der Waals surface area contributed by atoms with Crippen LogP contribution in [0.5, 0.6) is 0 Å². The quantitative estimate of drug-likeness (QED) is 0.128. The van der Waals surface area contributed by atoms with Gasteiger partial charge in [-0.3, -0.25) is 9.59 Å². The lowest BCUT2D eigenvalue weighted by Crippen LogP contribution is -2.46. The number of morpholine rings is 1. The SMILES string of the molecule is [C-]#[N+]c1c(C2CC2)n(C)c2cc(S(=O)(=O)NC3CCC(C(=O)N4CCOCC4)CC3)ccc12.[C-]#[N+]c1c(C2CC2)n(C)c2cc(S(=O)(=O)NC3CCC(C(=O)OC)CC3)ccc12. The number of benzene rings is 2. The molecule has 1 saturated heterocycles. The van der Waals surface area contributed by atoms with Crippen molar-refractivity contribution in [1.29, 1.82) is 0 Å². The number of hydrogen-bond donors (Lipinski definition) is 2. The number of sulfonamides is 2. The number of nitrogens with zero attached hydrogens (tertiary/aromatic N) is 5. The molecule has 4 aromatic rings. The highest BCUT2D eigenvalue weighted by molar-refractivity contribution is 7.89. The van der Waals surface area contributed by atoms with Crippen LogP contribution in [-0.4, -0.2) is 88.2 Å². The second kappa shape index (κ2) is 17.8. The van der Waals surface area contributed by atoms with E-state index in [1.165, 1.54) is 7.11 Å². The van der Waals surface area contributed by atoms with Gasteiger partial charge in [0.1, 0.15) is 0 Å². The molecule has 17 heteroatoms. The van der Waals surface area contributed by atoms with Crippen molar-refractivity contribution < 1.29 is 35.9 Å². The first kappa shape index (κ1) is 43.9. The average Bonchev–Trinajstić information content (AvgIpc) is 4.24. The molecule has 2 N–H and O–H groups in total. The van der Waals surface area contributed by atoms with Crippen LogP contribution in [0, 0.1) is 25.0 Å². The van der Waals surface area contributed by atoms with E-state index in [4.69, 9.17) is 22.6 Å². The summed E-state index contributed by atoms with van der Waals surface area (Å²) in [6, 6.07) is 9.68. The van der Waals surface area contributed by atoms with Crippen molar-refractivity contribution in [2.24, 2.45) is 25.9 Å². The number of hydrogen-bond acceptors (Lipinski definition) is 8. The molecule has 4 saturated carbocycles. The lowest BCUT2D eigenvalue weighted by Gasteiger charge is -2.34. The van der Waals surface area contributed by atoms with E-state index in [-0.39, 0.29) is 45.6 Å². The van der Waals surface area contributed by atoms with Crippen LogP contribution in [0.3, 0.4) is 0 Å². The highest BCUT2D eigenvalue weighted by Gasteiger charge is 2.35. The third-order valence-electron chi connectivity index (χ3n) is 13.5. The third kappa shape index (κ3) is 8.88. The Morgan fingerprint density at radius 3 is 1.47 bits per heavy atom. The van der Waals surface area contributed by atoms with Gasteiger partial charge >= 0.3 is 5.97 Å². The summed E-state index contributed by atoms with van der Waals surface area (Å²) >= 11 is 0. The summed E-state index contributed by atoms with van der Waals surface area (Å²) < 4.78 is 72.0. The number of nitrogens with one attached hydrogen (secondary N) is 2. The number of carbonyl (C=O) groups is 2. The van der Waals surface area contributed by atoms with Crippen molar-refractivity contribution in [2.45, 2.75) is 111 Å². The van der Waals surface area contributed by atoms with Gasteiger partial charge in [-0.2, -0.15) is 0 Å². The molecule has 9 rings (SSSR count). The zero-order valence-electron chi connectivity index (χ0n) is 35.6. The molecule has 0 bridgehead atoms. The summed E-state index contributed by atoms with van der Waals surface area (Å²) in [5.41, 5.74) is 4.88. The Kier molecular flexibility index (Phi) is 12.6. The molecule has 1 amide bonds. The van der Waals surface area contributed by atoms with E-state index in [9.17, 15) is 26.4 Å². The maximum atomic E-state index is 13.2. The van der Waals surface area contributed by atoms with Gasteiger partial charge in [0, 0.05) is 78.4 Å². The summed E-state index contributed by atoms with van der Waals surface area (Å²) in [5.74, 6) is 0.586. The van der Waals surface area contributed by atoms with Gasteiger partial charge in [0.15, 0.2) is 0 Å². The van der Waals surface area contributed by atoms with Crippen LogP contribution in [0.2, 0.25) is 0 Å². The van der Waals surface area contributed by atoms with Crippen molar-refractivity contribution in [3.8, 4) is 0 Å². The minimum absolute atomic E-state index is 0.0311. The maximum absolute atomic E-state index is 13.2. The molecule has 15 nitrogen and oxygen atoms in total. The lowest BCUT2D eigenvalue weighted by atomic mass is 9.85. The van der Waals surface area contributed by atoms with E-state index in [1.54, 1.807) is 36.4 Å². The molecule has 2 aromatic heterocycles. The van der Waals surface area contributed by atoms with E-state index >= 15 is 0 Å². The topological polar surface area (TPSA) is 167 Å². The van der Waals surface area contributed by atoms with Crippen LogP contribution < -0.4 is 9.44 Å². The van der Waals surface area contributed by atoms with E-state index in [0.29, 0.717) is 101 Å². The monoisotopic (exact) mass is 885 g/mol. The molecule has 5 aliphatic rings. The van der Waals surface area contributed by atoms with Crippen LogP contribution in [0.1, 0.15) is 100 Å². The largest absolute Gasteiger partial charge is 0.469 e. The molecule has 1 aliphatic heterocycles. The lowest BCUT2D eigenvalue weighted by molar-refractivity contribution is -0.146. The first-order valence-electron chi connectivity index (χ1n) is 21.7. The number of amides is 1. The van der Waals surface area contributed by atoms with E-state index in [1.807, 2.05) is 28.1 Å². The Labute approximate surface area is 363 Å². The molecule has 3 heterocycles. The predicted molar refractivity (Wildman–Crippen MR) is 234 cm³/mol. The summed E-state index contributed by atoms with van der Waals surface area (Å²) in [7, 11) is -2.17. The molecule has 62 heavy (non-hydrogen) atoms. The minimum Gasteiger partial charge on any atom is -0.469 e. The standard InChI is InChI=1S/C24H30N4O4S.C21H25N3O4S/c1-25-22-20-10-9-19(15-21(20)27(2)23(22)16-3-4-16)33(30,31)26-18-7-5-17(6-8-18)24(29)28-11-13-32-14-12-28;1-22-19-17-11-10-16(12-18(17)24(2)20(19)13-4-5-13)29(26,27)23-15-8-6-14(7-9-15)21(25)28-3/h9-10,15-18,26H,3-8,11-14H2,2H3;10-15,23H,4-9H2,2-3H3. The zero-order chi connectivity index (χ0) is 43.9. The van der Waals surface area contributed by atoms with Crippen molar-refractivity contribution in [1.82, 2.24) is 23.5 Å². The van der Waals surface area contributed by atoms with Gasteiger partial charge < -0.3 is 23.5 Å². The Hall–Kier alpha value is -4.78. The molecule has 0 atom stereocenters. The fourth-order valence-electron chi connectivity index (χ4n) is 9.74. The van der Waals surface area contributed by atoms with Crippen LogP contribution in [0.4, 0.5) is 11.4 Å². The second-order valence-electron chi connectivity index (χ2n) is 17.5. The summed E-state index contributed by atoms with van der Waals surface area (Å²) in [4.78, 5) is 34.2. The van der Waals surface area contributed by atoms with Crippen LogP contribution >= 0.6 is 0 Å². The van der Waals surface area contributed by atoms with E-state index < -0.39 is 20.0 Å². The smallest absolute Gasteiger partial charge is 0.308 e. The van der Waals surface area contributed by atoms with Crippen LogP contribution in [0.15, 0.2) is 46.2 Å². The summed E-state index contributed by atoms with van der Waals surface area (Å²) in [5, 5.41) is 1.62. The van der Waals surface area contributed by atoms with Gasteiger partial charge in [-0.05, 0) is 113 Å². The first-order valence-corrected chi connectivity index (χ1v) is 24.7. The number of carbonyl (C=O) groups excluding carboxylic acids is 2. The molecule has 2 aromatic carbocycles. The van der Waals surface area contributed by atoms with E-state index in [2.05, 4.69) is 19.1 Å². The molecular formula is C45H55N7O8S2. The summed E-state index contributed by atoms with van der Waals surface area (Å²) in [6.07, 6.45) is 9.47. The van der Waals surface area contributed by atoms with Crippen molar-refractivity contribution in [3.05, 3.63) is 70.6 Å². The number of rotatable bonds is 10. The number of aromatic nitrogens is 2. The number of fused-ring (bicyclic) bond motifs is 2. The van der Waals surface area contributed by atoms with E-state index in [0.717, 1.165) is 58.9 Å². The number of aryl methyl sites for hydroxylation is 2.